The second-order valence-electron chi connectivity index (χ2n) is 3.62. The Balaban J connectivity index is 2.84. The lowest BCUT2D eigenvalue weighted by Crippen LogP contribution is -1.87. The summed E-state index contributed by atoms with van der Waals surface area (Å²) in [7, 11) is 0. The lowest BCUT2D eigenvalue weighted by molar-refractivity contribution is 0.476. The molecule has 0 fully saturated rings. The first-order chi connectivity index (χ1) is 8.82. The van der Waals surface area contributed by atoms with Crippen LogP contribution in [0.15, 0.2) is 18.2 Å². The van der Waals surface area contributed by atoms with E-state index in [1.54, 1.807) is 0 Å². The fraction of sp³-hybridized carbons (Fsp3) is 0. The van der Waals surface area contributed by atoms with Gasteiger partial charge in [-0.3, -0.25) is 0 Å². The molecule has 0 heterocycles. The van der Waals surface area contributed by atoms with Gasteiger partial charge in [-0.2, -0.15) is 0 Å². The Kier molecular flexibility index (Phi) is 4.67. The van der Waals surface area contributed by atoms with Crippen molar-refractivity contribution >= 4 is 69.6 Å². The van der Waals surface area contributed by atoms with Crippen LogP contribution < -0.4 is 0 Å². The Hall–Kier alpha value is -0.0200. The van der Waals surface area contributed by atoms with Crippen LogP contribution >= 0.6 is 69.6 Å². The Labute approximate surface area is 139 Å². The molecular weight excluding hydrogens is 373 g/mol. The lowest BCUT2D eigenvalue weighted by atomic mass is 10.0. The summed E-state index contributed by atoms with van der Waals surface area (Å²) >= 11 is 36.1. The van der Waals surface area contributed by atoms with Crippen LogP contribution in [-0.2, 0) is 0 Å². The molecule has 0 bridgehead atoms. The molecule has 1 N–H and O–H groups in total. The van der Waals surface area contributed by atoms with Gasteiger partial charge in [-0.1, -0.05) is 69.6 Å². The highest BCUT2D eigenvalue weighted by Gasteiger charge is 2.20. The van der Waals surface area contributed by atoms with Gasteiger partial charge in [-0.05, 0) is 12.1 Å². The first kappa shape index (κ1) is 15.4. The SMILES string of the molecule is Oc1cc(Cl)c(-c2c(Cl)cc(Cl)cc2Cl)c(Cl)c1Cl. The van der Waals surface area contributed by atoms with Crippen molar-refractivity contribution in [2.45, 2.75) is 0 Å². The largest absolute Gasteiger partial charge is 0.506 e. The normalized spacial score (nSPS) is 10.8. The molecule has 0 spiro atoms. The molecule has 0 saturated heterocycles. The number of aromatic hydroxyl groups is 1. The number of hydrogen-bond acceptors (Lipinski definition) is 1. The predicted octanol–water partition coefficient (Wildman–Crippen LogP) is 6.98. The highest BCUT2D eigenvalue weighted by molar-refractivity contribution is 6.49. The third-order valence-electron chi connectivity index (χ3n) is 2.40. The van der Waals surface area contributed by atoms with Crippen LogP contribution in [0.2, 0.25) is 30.1 Å². The average Bonchev–Trinajstić information content (AvgIpc) is 2.29. The summed E-state index contributed by atoms with van der Waals surface area (Å²) in [5.74, 6) is -0.221. The fourth-order valence-corrected chi connectivity index (χ4v) is 3.38. The number of phenolic OH excluding ortho intramolecular Hbond substituents is 1. The van der Waals surface area contributed by atoms with E-state index >= 15 is 0 Å². The standard InChI is InChI=1S/C12H4Cl6O/c13-4-1-5(14)9(6(15)2-4)10-7(16)3-8(19)11(17)12(10)18/h1-3,19H. The molecule has 1 nitrogen and oxygen atoms in total. The molecule has 0 aliphatic rings. The van der Waals surface area contributed by atoms with Crippen LogP contribution in [0.4, 0.5) is 0 Å². The van der Waals surface area contributed by atoms with E-state index < -0.39 is 0 Å². The van der Waals surface area contributed by atoms with Gasteiger partial charge in [-0.25, -0.2) is 0 Å². The molecule has 7 heteroatoms. The van der Waals surface area contributed by atoms with Crippen LogP contribution in [-0.4, -0.2) is 5.11 Å². The van der Waals surface area contributed by atoms with E-state index in [2.05, 4.69) is 0 Å². The van der Waals surface area contributed by atoms with E-state index in [0.29, 0.717) is 16.1 Å². The van der Waals surface area contributed by atoms with E-state index in [0.717, 1.165) is 0 Å². The first-order valence-electron chi connectivity index (χ1n) is 4.84. The number of benzene rings is 2. The van der Waals surface area contributed by atoms with Crippen molar-refractivity contribution in [3.63, 3.8) is 0 Å². The van der Waals surface area contributed by atoms with E-state index in [1.165, 1.54) is 18.2 Å². The van der Waals surface area contributed by atoms with Gasteiger partial charge in [-0.15, -0.1) is 0 Å². The lowest BCUT2D eigenvalue weighted by Gasteiger charge is -2.13. The zero-order chi connectivity index (χ0) is 14.3. The minimum Gasteiger partial charge on any atom is -0.506 e. The third-order valence-corrected chi connectivity index (χ3v) is 4.37. The molecule has 2 aromatic rings. The van der Waals surface area contributed by atoms with Crippen molar-refractivity contribution in [3.8, 4) is 16.9 Å². The van der Waals surface area contributed by atoms with Crippen molar-refractivity contribution in [2.75, 3.05) is 0 Å². The van der Waals surface area contributed by atoms with E-state index in [-0.39, 0.29) is 30.9 Å². The summed E-state index contributed by atoms with van der Waals surface area (Å²) in [6, 6.07) is 4.29. The van der Waals surface area contributed by atoms with Gasteiger partial charge < -0.3 is 5.11 Å². The predicted molar refractivity (Wildman–Crippen MR) is 83.6 cm³/mol. The zero-order valence-corrected chi connectivity index (χ0v) is 13.5. The van der Waals surface area contributed by atoms with Crippen molar-refractivity contribution in [1.29, 1.82) is 0 Å². The van der Waals surface area contributed by atoms with Gasteiger partial charge in [0.15, 0.2) is 0 Å². The highest BCUT2D eigenvalue weighted by atomic mass is 35.5. The second-order valence-corrected chi connectivity index (χ2v) is 6.04. The maximum absolute atomic E-state index is 9.55. The molecule has 0 aliphatic carbocycles. The van der Waals surface area contributed by atoms with Crippen LogP contribution in [0.5, 0.6) is 5.75 Å². The summed E-state index contributed by atoms with van der Waals surface area (Å²) in [6.45, 7) is 0. The average molecular weight is 377 g/mol. The third kappa shape index (κ3) is 2.87. The van der Waals surface area contributed by atoms with Crippen molar-refractivity contribution < 1.29 is 5.11 Å². The molecule has 2 rings (SSSR count). The maximum atomic E-state index is 9.55. The summed E-state index contributed by atoms with van der Waals surface area (Å²) < 4.78 is 0. The molecule has 0 aromatic heterocycles. The molecule has 100 valence electrons. The zero-order valence-electron chi connectivity index (χ0n) is 8.95. The minimum atomic E-state index is -0.221. The Morgan fingerprint density at radius 3 is 1.63 bits per heavy atom. The molecule has 0 saturated carbocycles. The van der Waals surface area contributed by atoms with Crippen molar-refractivity contribution in [3.05, 3.63) is 48.3 Å². The summed E-state index contributed by atoms with van der Waals surface area (Å²) in [4.78, 5) is 0. The molecule has 0 radical (unpaired) electrons. The Bertz CT molecular complexity index is 645. The van der Waals surface area contributed by atoms with Crippen molar-refractivity contribution in [1.82, 2.24) is 0 Å². The Morgan fingerprint density at radius 1 is 0.632 bits per heavy atom. The Morgan fingerprint density at radius 2 is 1.11 bits per heavy atom. The van der Waals surface area contributed by atoms with E-state index in [1.807, 2.05) is 0 Å². The van der Waals surface area contributed by atoms with Gasteiger partial charge in [0, 0.05) is 22.2 Å². The number of phenols is 1. The maximum Gasteiger partial charge on any atom is 0.137 e. The van der Waals surface area contributed by atoms with Gasteiger partial charge in [0.1, 0.15) is 10.8 Å². The smallest absolute Gasteiger partial charge is 0.137 e. The van der Waals surface area contributed by atoms with Crippen molar-refractivity contribution in [2.24, 2.45) is 0 Å². The van der Waals surface area contributed by atoms with Gasteiger partial charge in [0.25, 0.3) is 0 Å². The summed E-state index contributed by atoms with van der Waals surface area (Å²) in [5.41, 5.74) is 0.752. The fourth-order valence-electron chi connectivity index (χ4n) is 1.59. The van der Waals surface area contributed by atoms with Crippen LogP contribution in [0, 0.1) is 0 Å². The van der Waals surface area contributed by atoms with Crippen LogP contribution in [0.1, 0.15) is 0 Å². The van der Waals surface area contributed by atoms with E-state index in [9.17, 15) is 5.11 Å². The molecule has 2 aromatic carbocycles. The molecule has 0 unspecified atom stereocenters. The quantitative estimate of drug-likeness (QED) is 0.532. The molecule has 0 aliphatic heterocycles. The number of halogens is 6. The molecular formula is C12H4Cl6O. The van der Waals surface area contributed by atoms with Gasteiger partial charge in [0.2, 0.25) is 0 Å². The van der Waals surface area contributed by atoms with Crippen LogP contribution in [0.3, 0.4) is 0 Å². The molecule has 0 atom stereocenters. The number of hydrogen-bond donors (Lipinski definition) is 1. The van der Waals surface area contributed by atoms with Gasteiger partial charge in [0.05, 0.1) is 20.1 Å². The van der Waals surface area contributed by atoms with Gasteiger partial charge >= 0.3 is 0 Å². The highest BCUT2D eigenvalue weighted by Crippen LogP contribution is 2.48. The molecule has 19 heavy (non-hydrogen) atoms. The summed E-state index contributed by atoms with van der Waals surface area (Å²) in [5, 5.41) is 10.7. The van der Waals surface area contributed by atoms with E-state index in [4.69, 9.17) is 69.6 Å². The second kappa shape index (κ2) is 5.77. The number of rotatable bonds is 1. The monoisotopic (exact) mass is 374 g/mol. The van der Waals surface area contributed by atoms with Crippen LogP contribution in [0.25, 0.3) is 11.1 Å². The minimum absolute atomic E-state index is 0.0249. The summed E-state index contributed by atoms with van der Waals surface area (Å²) in [6.07, 6.45) is 0. The first-order valence-corrected chi connectivity index (χ1v) is 7.11. The molecule has 0 amide bonds. The topological polar surface area (TPSA) is 20.2 Å².